The lowest BCUT2D eigenvalue weighted by Gasteiger charge is -2.25. The third-order valence-electron chi connectivity index (χ3n) is 3.48. The van der Waals surface area contributed by atoms with Crippen LogP contribution in [0.5, 0.6) is 0 Å². The van der Waals surface area contributed by atoms with E-state index in [0.717, 1.165) is 25.7 Å². The Morgan fingerprint density at radius 3 is 2.62 bits per heavy atom. The van der Waals surface area contributed by atoms with Gasteiger partial charge < -0.3 is 10.4 Å². The largest absolute Gasteiger partial charge is 0.389 e. The van der Waals surface area contributed by atoms with E-state index in [1.807, 2.05) is 12.1 Å². The van der Waals surface area contributed by atoms with Gasteiger partial charge in [0.15, 0.2) is 0 Å². The molecule has 0 radical (unpaired) electrons. The zero-order chi connectivity index (χ0) is 11.4. The van der Waals surface area contributed by atoms with Gasteiger partial charge in [0.25, 0.3) is 0 Å². The van der Waals surface area contributed by atoms with Crippen LogP contribution in [0, 0.1) is 0 Å². The molecule has 0 amide bonds. The van der Waals surface area contributed by atoms with Crippen LogP contribution >= 0.6 is 0 Å². The smallest absolute Gasteiger partial charge is 0.0771 e. The van der Waals surface area contributed by atoms with Gasteiger partial charge in [0.05, 0.1) is 5.60 Å². The first-order valence-electron chi connectivity index (χ1n) is 6.05. The predicted molar refractivity (Wildman–Crippen MR) is 64.1 cm³/mol. The van der Waals surface area contributed by atoms with Crippen LogP contribution in [0.15, 0.2) is 24.5 Å². The fourth-order valence-electron chi connectivity index (χ4n) is 2.32. The van der Waals surface area contributed by atoms with E-state index in [1.165, 1.54) is 5.56 Å². The Labute approximate surface area is 96.9 Å². The summed E-state index contributed by atoms with van der Waals surface area (Å²) >= 11 is 0. The topological polar surface area (TPSA) is 45.1 Å². The molecule has 1 aromatic rings. The van der Waals surface area contributed by atoms with E-state index in [0.29, 0.717) is 6.54 Å². The van der Waals surface area contributed by atoms with Crippen molar-refractivity contribution in [3.05, 3.63) is 30.1 Å². The van der Waals surface area contributed by atoms with Crippen LogP contribution in [0.3, 0.4) is 0 Å². The van der Waals surface area contributed by atoms with E-state index in [9.17, 15) is 5.11 Å². The Bertz CT molecular complexity index is 320. The van der Waals surface area contributed by atoms with Crippen molar-refractivity contribution >= 4 is 0 Å². The molecule has 0 saturated heterocycles. The number of aromatic nitrogens is 1. The third kappa shape index (κ3) is 2.80. The molecule has 0 bridgehead atoms. The van der Waals surface area contributed by atoms with Crippen LogP contribution in [-0.4, -0.2) is 22.2 Å². The number of nitrogens with one attached hydrogen (secondary N) is 1. The summed E-state index contributed by atoms with van der Waals surface area (Å²) in [6.45, 7) is 2.81. The van der Waals surface area contributed by atoms with E-state index in [4.69, 9.17) is 0 Å². The minimum absolute atomic E-state index is 0.271. The number of rotatable bonds is 4. The summed E-state index contributed by atoms with van der Waals surface area (Å²) in [5.41, 5.74) is 0.748. The highest BCUT2D eigenvalue weighted by molar-refractivity contribution is 5.14. The second-order valence-corrected chi connectivity index (χ2v) is 4.81. The van der Waals surface area contributed by atoms with Crippen molar-refractivity contribution in [1.29, 1.82) is 0 Å². The van der Waals surface area contributed by atoms with Gasteiger partial charge in [-0.3, -0.25) is 4.98 Å². The molecule has 2 N–H and O–H groups in total. The van der Waals surface area contributed by atoms with E-state index >= 15 is 0 Å². The quantitative estimate of drug-likeness (QED) is 0.816. The molecule has 88 valence electrons. The molecule has 1 saturated carbocycles. The van der Waals surface area contributed by atoms with Crippen LogP contribution in [0.2, 0.25) is 0 Å². The minimum Gasteiger partial charge on any atom is -0.389 e. The minimum atomic E-state index is -0.471. The molecule has 0 unspecified atom stereocenters. The molecule has 3 nitrogen and oxygen atoms in total. The molecule has 1 aromatic heterocycles. The number of hydrogen-bond donors (Lipinski definition) is 2. The van der Waals surface area contributed by atoms with E-state index < -0.39 is 5.60 Å². The van der Waals surface area contributed by atoms with Crippen LogP contribution in [0.4, 0.5) is 0 Å². The first-order valence-corrected chi connectivity index (χ1v) is 6.05. The van der Waals surface area contributed by atoms with Crippen LogP contribution in [-0.2, 0) is 0 Å². The summed E-state index contributed by atoms with van der Waals surface area (Å²) in [5.74, 6) is 0. The van der Waals surface area contributed by atoms with Gasteiger partial charge in [0.1, 0.15) is 0 Å². The monoisotopic (exact) mass is 220 g/mol. The summed E-state index contributed by atoms with van der Waals surface area (Å²) < 4.78 is 0. The van der Waals surface area contributed by atoms with Crippen LogP contribution in [0.1, 0.15) is 44.2 Å². The van der Waals surface area contributed by atoms with Crippen molar-refractivity contribution < 1.29 is 5.11 Å². The second-order valence-electron chi connectivity index (χ2n) is 4.81. The van der Waals surface area contributed by atoms with Gasteiger partial charge in [-0.2, -0.15) is 0 Å². The van der Waals surface area contributed by atoms with Gasteiger partial charge in [0.2, 0.25) is 0 Å². The SMILES string of the molecule is C[C@H](NCC1(O)CCCC1)c1ccncc1. The average Bonchev–Trinajstić information content (AvgIpc) is 2.75. The first-order chi connectivity index (χ1) is 7.70. The highest BCUT2D eigenvalue weighted by Gasteiger charge is 2.30. The molecule has 1 atom stereocenters. The van der Waals surface area contributed by atoms with Gasteiger partial charge in [-0.1, -0.05) is 12.8 Å². The normalized spacial score (nSPS) is 20.9. The highest BCUT2D eigenvalue weighted by atomic mass is 16.3. The zero-order valence-electron chi connectivity index (χ0n) is 9.82. The van der Waals surface area contributed by atoms with Crippen molar-refractivity contribution in [2.45, 2.75) is 44.2 Å². The summed E-state index contributed by atoms with van der Waals surface area (Å²) in [5, 5.41) is 13.6. The molecule has 3 heteroatoms. The van der Waals surface area contributed by atoms with Crippen LogP contribution in [0.25, 0.3) is 0 Å². The van der Waals surface area contributed by atoms with Crippen molar-refractivity contribution in [1.82, 2.24) is 10.3 Å². The molecule has 1 aliphatic rings. The fraction of sp³-hybridized carbons (Fsp3) is 0.615. The molecular weight excluding hydrogens is 200 g/mol. The molecule has 1 fully saturated rings. The lowest BCUT2D eigenvalue weighted by molar-refractivity contribution is 0.0453. The van der Waals surface area contributed by atoms with Gasteiger partial charge in [-0.05, 0) is 37.5 Å². The lowest BCUT2D eigenvalue weighted by Crippen LogP contribution is -2.39. The van der Waals surface area contributed by atoms with E-state index in [1.54, 1.807) is 12.4 Å². The number of aliphatic hydroxyl groups is 1. The number of hydrogen-bond acceptors (Lipinski definition) is 3. The second kappa shape index (κ2) is 4.93. The molecular formula is C13H20N2O. The summed E-state index contributed by atoms with van der Waals surface area (Å²) in [6, 6.07) is 4.29. The van der Waals surface area contributed by atoms with Crippen molar-refractivity contribution in [3.63, 3.8) is 0 Å². The molecule has 0 aliphatic heterocycles. The zero-order valence-corrected chi connectivity index (χ0v) is 9.82. The third-order valence-corrected chi connectivity index (χ3v) is 3.48. The molecule has 16 heavy (non-hydrogen) atoms. The van der Waals surface area contributed by atoms with Gasteiger partial charge >= 0.3 is 0 Å². The predicted octanol–water partition coefficient (Wildman–Crippen LogP) is 2.04. The summed E-state index contributed by atoms with van der Waals surface area (Å²) in [4.78, 5) is 4.00. The molecule has 1 heterocycles. The Hall–Kier alpha value is -0.930. The highest BCUT2D eigenvalue weighted by Crippen LogP contribution is 2.29. The molecule has 0 aromatic carbocycles. The Balaban J connectivity index is 1.86. The van der Waals surface area contributed by atoms with Gasteiger partial charge in [-0.15, -0.1) is 0 Å². The standard InChI is InChI=1S/C13H20N2O/c1-11(12-4-8-14-9-5-12)15-10-13(16)6-2-3-7-13/h4-5,8-9,11,15-16H,2-3,6-7,10H2,1H3/t11-/m0/s1. The first kappa shape index (κ1) is 11.6. The van der Waals surface area contributed by atoms with Crippen molar-refractivity contribution in [3.8, 4) is 0 Å². The maximum atomic E-state index is 10.2. The van der Waals surface area contributed by atoms with Crippen LogP contribution < -0.4 is 5.32 Å². The Morgan fingerprint density at radius 2 is 2.00 bits per heavy atom. The fourth-order valence-corrected chi connectivity index (χ4v) is 2.32. The van der Waals surface area contributed by atoms with E-state index in [2.05, 4.69) is 17.2 Å². The molecule has 0 spiro atoms. The molecule has 1 aliphatic carbocycles. The number of pyridine rings is 1. The average molecular weight is 220 g/mol. The Morgan fingerprint density at radius 1 is 1.38 bits per heavy atom. The van der Waals surface area contributed by atoms with Crippen molar-refractivity contribution in [2.75, 3.05) is 6.54 Å². The summed E-state index contributed by atoms with van der Waals surface area (Å²) in [6.07, 6.45) is 7.78. The lowest BCUT2D eigenvalue weighted by atomic mass is 10.0. The van der Waals surface area contributed by atoms with Gasteiger partial charge in [0, 0.05) is 25.0 Å². The van der Waals surface area contributed by atoms with E-state index in [-0.39, 0.29) is 6.04 Å². The van der Waals surface area contributed by atoms with Gasteiger partial charge in [-0.25, -0.2) is 0 Å². The number of nitrogens with zero attached hydrogens (tertiary/aromatic N) is 1. The van der Waals surface area contributed by atoms with Crippen molar-refractivity contribution in [2.24, 2.45) is 0 Å². The summed E-state index contributed by atoms with van der Waals surface area (Å²) in [7, 11) is 0. The maximum Gasteiger partial charge on any atom is 0.0771 e. The Kier molecular flexibility index (Phi) is 3.56. The molecule has 2 rings (SSSR count). The maximum absolute atomic E-state index is 10.2.